The maximum Gasteiger partial charge on any atom is 2.00 e. The van der Waals surface area contributed by atoms with Crippen LogP contribution in [0, 0.1) is 0 Å². The minimum atomic E-state index is 0. The van der Waals surface area contributed by atoms with E-state index in [2.05, 4.69) is 0 Å². The number of hydrogen-bond acceptors (Lipinski definition) is 0. The van der Waals surface area contributed by atoms with Gasteiger partial charge in [0.25, 0.3) is 0 Å². The van der Waals surface area contributed by atoms with Crippen LogP contribution in [0.1, 0.15) is 0 Å². The molecule has 0 unspecified atom stereocenters. The van der Waals surface area contributed by atoms with Gasteiger partial charge in [0.1, 0.15) is 0 Å². The average molecular weight is 127 g/mol. The zero-order valence-electron chi connectivity index (χ0n) is 3.44. The first-order chi connectivity index (χ1) is 0. The van der Waals surface area contributed by atoms with E-state index < -0.39 is 0 Å². The predicted octanol–water partition coefficient (Wildman–Crippen LogP) is -1.23. The summed E-state index contributed by atoms with van der Waals surface area (Å²) < 4.78 is 0. The van der Waals surface area contributed by atoms with Crippen LogP contribution in [0.4, 0.5) is 0 Å². The van der Waals surface area contributed by atoms with Crippen LogP contribution >= 0.6 is 0 Å². The van der Waals surface area contributed by atoms with Crippen LogP contribution in [0.15, 0.2) is 0 Å². The molecule has 0 saturated heterocycles. The van der Waals surface area contributed by atoms with Gasteiger partial charge in [-0.05, 0) is 0 Å². The summed E-state index contributed by atoms with van der Waals surface area (Å²) in [6.07, 6.45) is 0. The first-order valence-corrected chi connectivity index (χ1v) is 0. The van der Waals surface area contributed by atoms with Crippen molar-refractivity contribution in [1.82, 2.24) is 0 Å². The standard InChI is InChI=1S/Ca.K.3H2N/h;;3*1H2/q+2;+1;3*-1. The SMILES string of the molecule is [Ca+2].[K+].[NH2-].[NH2-].[NH2-]. The Bertz CT molecular complexity index is 6.85. The number of rotatable bonds is 0. The van der Waals surface area contributed by atoms with Gasteiger partial charge in [0.15, 0.2) is 0 Å². The molecule has 24 valence electrons. The van der Waals surface area contributed by atoms with Gasteiger partial charge in [0.2, 0.25) is 0 Å². The molecule has 0 spiro atoms. The fraction of sp³-hybridized carbons (Fsp3) is 0. The van der Waals surface area contributed by atoms with Crippen molar-refractivity contribution in [3.63, 3.8) is 0 Å². The van der Waals surface area contributed by atoms with Crippen molar-refractivity contribution in [2.75, 3.05) is 0 Å². The largest absolute Gasteiger partial charge is 2.00 e. The summed E-state index contributed by atoms with van der Waals surface area (Å²) in [7, 11) is 0. The summed E-state index contributed by atoms with van der Waals surface area (Å²) in [6.45, 7) is 0. The van der Waals surface area contributed by atoms with Crippen LogP contribution in [0.5, 0.6) is 0 Å². The van der Waals surface area contributed by atoms with E-state index in [1.54, 1.807) is 0 Å². The molecule has 3 nitrogen and oxygen atoms in total. The van der Waals surface area contributed by atoms with Crippen molar-refractivity contribution in [2.45, 2.75) is 0 Å². The average Bonchev–Trinajstić information content (AvgIpc) is 0. The van der Waals surface area contributed by atoms with E-state index in [9.17, 15) is 0 Å². The van der Waals surface area contributed by atoms with E-state index in [-0.39, 0.29) is 108 Å². The molecule has 0 aliphatic heterocycles. The van der Waals surface area contributed by atoms with Crippen LogP contribution < -0.4 is 51.4 Å². The van der Waals surface area contributed by atoms with Crippen molar-refractivity contribution >= 4 is 37.7 Å². The van der Waals surface area contributed by atoms with E-state index in [1.165, 1.54) is 0 Å². The Hall–Kier alpha value is 2.78. The van der Waals surface area contributed by atoms with Gasteiger partial charge in [-0.3, -0.25) is 0 Å². The molecule has 0 fully saturated rings. The second kappa shape index (κ2) is 29.3. The van der Waals surface area contributed by atoms with Crippen molar-refractivity contribution < 1.29 is 51.4 Å². The molecule has 0 amide bonds. The first kappa shape index (κ1) is 46.3. The molecule has 0 aromatic carbocycles. The van der Waals surface area contributed by atoms with E-state index in [0.717, 1.165) is 0 Å². The van der Waals surface area contributed by atoms with Gasteiger partial charge < -0.3 is 18.5 Å². The maximum atomic E-state index is 0. The van der Waals surface area contributed by atoms with Gasteiger partial charge in [0, 0.05) is 0 Å². The van der Waals surface area contributed by atoms with Crippen LogP contribution in [0.2, 0.25) is 0 Å². The summed E-state index contributed by atoms with van der Waals surface area (Å²) in [5.74, 6) is 0. The Kier molecular flexibility index (Phi) is 272. The summed E-state index contributed by atoms with van der Waals surface area (Å²) >= 11 is 0. The topological polar surface area (TPSA) is 100 Å². The Morgan fingerprint density at radius 2 is 0.600 bits per heavy atom. The van der Waals surface area contributed by atoms with Gasteiger partial charge in [-0.25, -0.2) is 0 Å². The van der Waals surface area contributed by atoms with E-state index in [0.29, 0.717) is 0 Å². The molecule has 6 N–H and O–H groups in total. The molecular weight excluding hydrogens is 121 g/mol. The molecular formula is H6CaKN3. The van der Waals surface area contributed by atoms with Gasteiger partial charge in [0.05, 0.1) is 0 Å². The summed E-state index contributed by atoms with van der Waals surface area (Å²) in [5.41, 5.74) is 0. The van der Waals surface area contributed by atoms with Crippen molar-refractivity contribution in [1.29, 1.82) is 0 Å². The Labute approximate surface area is 105 Å². The molecule has 0 aromatic rings. The zero-order chi connectivity index (χ0) is 0. The van der Waals surface area contributed by atoms with Crippen molar-refractivity contribution in [3.8, 4) is 0 Å². The Morgan fingerprint density at radius 3 is 0.600 bits per heavy atom. The van der Waals surface area contributed by atoms with Crippen LogP contribution in [0.25, 0.3) is 18.5 Å². The Balaban J connectivity index is 0. The zero-order valence-corrected chi connectivity index (χ0v) is 8.77. The van der Waals surface area contributed by atoms with Gasteiger partial charge in [-0.2, -0.15) is 0 Å². The summed E-state index contributed by atoms with van der Waals surface area (Å²) in [6, 6.07) is 0. The van der Waals surface area contributed by atoms with Crippen LogP contribution in [0.3, 0.4) is 0 Å². The van der Waals surface area contributed by atoms with Crippen LogP contribution in [-0.4, -0.2) is 37.7 Å². The second-order valence-electron chi connectivity index (χ2n) is 0. The smallest absolute Gasteiger partial charge is 0.693 e. The normalized spacial score (nSPS) is 0. The molecule has 0 aromatic heterocycles. The second-order valence-corrected chi connectivity index (χ2v) is 0. The maximum absolute atomic E-state index is 0. The third-order valence-electron chi connectivity index (χ3n) is 0. The molecule has 0 atom stereocenters. The van der Waals surface area contributed by atoms with Crippen LogP contribution in [-0.2, 0) is 0 Å². The molecule has 0 heterocycles. The molecule has 0 rings (SSSR count). The third-order valence-corrected chi connectivity index (χ3v) is 0. The quantitative estimate of drug-likeness (QED) is 0.364. The van der Waals surface area contributed by atoms with Crippen molar-refractivity contribution in [2.24, 2.45) is 0 Å². The third kappa shape index (κ3) is 20.1. The van der Waals surface area contributed by atoms with Gasteiger partial charge >= 0.3 is 89.1 Å². The summed E-state index contributed by atoms with van der Waals surface area (Å²) in [4.78, 5) is 0. The number of hydrogen-bond donors (Lipinski definition) is 0. The monoisotopic (exact) mass is 127 g/mol. The molecule has 5 heavy (non-hydrogen) atoms. The molecule has 0 aliphatic carbocycles. The molecule has 0 bridgehead atoms. The first-order valence-electron chi connectivity index (χ1n) is 0. The minimum absolute atomic E-state index is 0. The predicted molar refractivity (Wildman–Crippen MR) is 21.6 cm³/mol. The fourth-order valence-corrected chi connectivity index (χ4v) is 0. The Morgan fingerprint density at radius 1 is 0.600 bits per heavy atom. The number of nitrogens with two attached hydrogens (primary N) is 3. The fourth-order valence-electron chi connectivity index (χ4n) is 0. The van der Waals surface area contributed by atoms with E-state index in [1.807, 2.05) is 0 Å². The molecule has 0 radical (unpaired) electrons. The molecule has 0 saturated carbocycles. The summed E-state index contributed by atoms with van der Waals surface area (Å²) in [5, 5.41) is 0. The van der Waals surface area contributed by atoms with Gasteiger partial charge in [-0.15, -0.1) is 0 Å². The van der Waals surface area contributed by atoms with Crippen molar-refractivity contribution in [3.05, 3.63) is 18.5 Å². The molecule has 0 aliphatic rings. The molecule has 5 heteroatoms. The van der Waals surface area contributed by atoms with E-state index >= 15 is 0 Å². The minimum Gasteiger partial charge on any atom is -0.693 e. The van der Waals surface area contributed by atoms with E-state index in [4.69, 9.17) is 0 Å². The van der Waals surface area contributed by atoms with Gasteiger partial charge in [-0.1, -0.05) is 0 Å².